The van der Waals surface area contributed by atoms with Crippen molar-refractivity contribution in [2.24, 2.45) is 0 Å². The Morgan fingerprint density at radius 3 is 2.87 bits per heavy atom. The van der Waals surface area contributed by atoms with Crippen LogP contribution in [0.15, 0.2) is 67.0 Å². The van der Waals surface area contributed by atoms with Crippen LogP contribution in [0.25, 0.3) is 0 Å². The molecule has 9 nitrogen and oxygen atoms in total. The topological polar surface area (TPSA) is 99.8 Å². The summed E-state index contributed by atoms with van der Waals surface area (Å²) in [6.07, 6.45) is 3.64. The number of tetrazole rings is 1. The van der Waals surface area contributed by atoms with Crippen molar-refractivity contribution in [2.75, 3.05) is 5.32 Å². The monoisotopic (exact) mass is 403 g/mol. The smallest absolute Gasteiger partial charge is 0.255 e. The second-order valence-corrected chi connectivity index (χ2v) is 6.59. The molecule has 1 amide bonds. The van der Waals surface area contributed by atoms with Gasteiger partial charge in [-0.2, -0.15) is 5.10 Å². The van der Waals surface area contributed by atoms with Crippen LogP contribution in [-0.4, -0.2) is 35.9 Å². The van der Waals surface area contributed by atoms with Crippen molar-refractivity contribution in [2.45, 2.75) is 26.6 Å². The third kappa shape index (κ3) is 4.69. The lowest BCUT2D eigenvalue weighted by Crippen LogP contribution is -2.12. The molecule has 2 heterocycles. The molecule has 0 atom stereocenters. The third-order valence-corrected chi connectivity index (χ3v) is 4.46. The first kappa shape index (κ1) is 19.3. The molecule has 0 spiro atoms. The number of anilines is 1. The van der Waals surface area contributed by atoms with Gasteiger partial charge in [0.2, 0.25) is 0 Å². The van der Waals surface area contributed by atoms with Gasteiger partial charge in [-0.15, -0.1) is 5.10 Å². The number of nitrogens with zero attached hydrogens (tertiary/aromatic N) is 6. The molecular weight excluding hydrogens is 382 g/mol. The summed E-state index contributed by atoms with van der Waals surface area (Å²) in [5.74, 6) is 0.983. The van der Waals surface area contributed by atoms with Crippen LogP contribution >= 0.6 is 0 Å². The van der Waals surface area contributed by atoms with E-state index in [1.165, 1.54) is 0 Å². The fourth-order valence-electron chi connectivity index (χ4n) is 2.98. The zero-order chi connectivity index (χ0) is 20.8. The van der Waals surface area contributed by atoms with E-state index in [0.717, 1.165) is 11.3 Å². The molecular formula is C21H21N7O2. The molecule has 0 saturated heterocycles. The van der Waals surface area contributed by atoms with E-state index in [0.29, 0.717) is 30.2 Å². The van der Waals surface area contributed by atoms with Crippen molar-refractivity contribution in [3.05, 3.63) is 83.9 Å². The summed E-state index contributed by atoms with van der Waals surface area (Å²) in [6.45, 7) is 3.47. The fraction of sp³-hybridized carbons (Fsp3) is 0.190. The van der Waals surface area contributed by atoms with Gasteiger partial charge in [0.15, 0.2) is 5.82 Å². The van der Waals surface area contributed by atoms with Crippen molar-refractivity contribution in [1.82, 2.24) is 30.0 Å². The highest BCUT2D eigenvalue weighted by atomic mass is 16.5. The second kappa shape index (κ2) is 8.99. The highest BCUT2D eigenvalue weighted by Crippen LogP contribution is 2.17. The molecule has 1 N–H and O–H groups in total. The molecule has 9 heteroatoms. The summed E-state index contributed by atoms with van der Waals surface area (Å²) in [5, 5.41) is 18.6. The van der Waals surface area contributed by atoms with E-state index in [1.54, 1.807) is 35.1 Å². The minimum absolute atomic E-state index is 0.213. The van der Waals surface area contributed by atoms with E-state index in [-0.39, 0.29) is 12.5 Å². The van der Waals surface area contributed by atoms with Gasteiger partial charge in [-0.1, -0.05) is 18.2 Å². The minimum Gasteiger partial charge on any atom is -0.486 e. The number of nitrogens with one attached hydrogen (secondary N) is 1. The first-order chi connectivity index (χ1) is 14.7. The molecule has 0 saturated carbocycles. The van der Waals surface area contributed by atoms with Gasteiger partial charge < -0.3 is 10.1 Å². The maximum atomic E-state index is 12.7. The molecule has 0 aliphatic rings. The Balaban J connectivity index is 1.40. The molecule has 0 aliphatic heterocycles. The predicted octanol–water partition coefficient (Wildman–Crippen LogP) is 2.77. The molecule has 0 fully saturated rings. The molecule has 2 aromatic heterocycles. The number of rotatable bonds is 8. The van der Waals surface area contributed by atoms with Crippen LogP contribution in [0, 0.1) is 0 Å². The van der Waals surface area contributed by atoms with Gasteiger partial charge in [-0.25, -0.2) is 4.68 Å². The first-order valence-corrected chi connectivity index (χ1v) is 9.57. The molecule has 152 valence electrons. The average Bonchev–Trinajstić information content (AvgIpc) is 3.44. The van der Waals surface area contributed by atoms with Crippen LogP contribution in [-0.2, 0) is 19.7 Å². The zero-order valence-electron chi connectivity index (χ0n) is 16.5. The molecule has 0 radical (unpaired) electrons. The van der Waals surface area contributed by atoms with Crippen molar-refractivity contribution in [3.8, 4) is 5.75 Å². The normalized spacial score (nSPS) is 10.7. The Morgan fingerprint density at radius 2 is 2.03 bits per heavy atom. The summed E-state index contributed by atoms with van der Waals surface area (Å²) in [6, 6.07) is 16.6. The van der Waals surface area contributed by atoms with Crippen LogP contribution < -0.4 is 10.1 Å². The molecule has 4 rings (SSSR count). The van der Waals surface area contributed by atoms with E-state index in [1.807, 2.05) is 48.1 Å². The van der Waals surface area contributed by atoms with Gasteiger partial charge in [0.1, 0.15) is 12.4 Å². The van der Waals surface area contributed by atoms with Gasteiger partial charge in [-0.3, -0.25) is 9.48 Å². The van der Waals surface area contributed by atoms with Crippen molar-refractivity contribution in [1.29, 1.82) is 0 Å². The number of carbonyl (C=O) groups excluding carboxylic acids is 1. The Morgan fingerprint density at radius 1 is 1.13 bits per heavy atom. The van der Waals surface area contributed by atoms with Gasteiger partial charge >= 0.3 is 0 Å². The lowest BCUT2D eigenvalue weighted by atomic mass is 10.1. The number of carbonyl (C=O) groups is 1. The van der Waals surface area contributed by atoms with Crippen LogP contribution in [0.3, 0.4) is 0 Å². The van der Waals surface area contributed by atoms with Crippen molar-refractivity contribution < 1.29 is 9.53 Å². The molecule has 0 aliphatic carbocycles. The number of aryl methyl sites for hydroxylation is 1. The van der Waals surface area contributed by atoms with Crippen LogP contribution in [0.1, 0.15) is 28.7 Å². The Hall–Kier alpha value is -4.01. The highest BCUT2D eigenvalue weighted by molar-refractivity contribution is 6.04. The predicted molar refractivity (Wildman–Crippen MR) is 110 cm³/mol. The number of aromatic nitrogens is 6. The Bertz CT molecular complexity index is 1120. The number of ether oxygens (including phenoxy) is 1. The molecule has 4 aromatic rings. The SMILES string of the molecule is CCn1nnnc1COc1cccc(C(=O)Nc2cccc(Cn3cccn3)c2)c1. The Kier molecular flexibility index (Phi) is 5.79. The summed E-state index contributed by atoms with van der Waals surface area (Å²) in [4.78, 5) is 12.7. The maximum absolute atomic E-state index is 12.7. The van der Waals surface area contributed by atoms with Crippen molar-refractivity contribution >= 4 is 11.6 Å². The molecule has 2 aromatic carbocycles. The van der Waals surface area contributed by atoms with E-state index < -0.39 is 0 Å². The highest BCUT2D eigenvalue weighted by Gasteiger charge is 2.10. The van der Waals surface area contributed by atoms with Crippen molar-refractivity contribution in [3.63, 3.8) is 0 Å². The van der Waals surface area contributed by atoms with E-state index in [2.05, 4.69) is 25.9 Å². The summed E-state index contributed by atoms with van der Waals surface area (Å²) >= 11 is 0. The van der Waals surface area contributed by atoms with Gasteiger partial charge in [-0.05, 0) is 59.3 Å². The molecule has 0 unspecified atom stereocenters. The van der Waals surface area contributed by atoms with E-state index in [9.17, 15) is 4.79 Å². The van der Waals surface area contributed by atoms with E-state index in [4.69, 9.17) is 4.74 Å². The third-order valence-electron chi connectivity index (χ3n) is 4.46. The van der Waals surface area contributed by atoms with Crippen LogP contribution in [0.2, 0.25) is 0 Å². The second-order valence-electron chi connectivity index (χ2n) is 6.59. The average molecular weight is 403 g/mol. The molecule has 0 bridgehead atoms. The number of amides is 1. The Labute approximate surface area is 173 Å². The number of hydrogen-bond acceptors (Lipinski definition) is 6. The standard InChI is InChI=1S/C21H21N7O2/c1-2-28-20(24-25-26-28)15-30-19-9-4-7-17(13-19)21(29)23-18-8-3-6-16(12-18)14-27-11-5-10-22-27/h3-13H,2,14-15H2,1H3,(H,23,29). The number of benzene rings is 2. The van der Waals surface area contributed by atoms with Crippen LogP contribution in [0.4, 0.5) is 5.69 Å². The summed E-state index contributed by atoms with van der Waals surface area (Å²) in [5.41, 5.74) is 2.26. The van der Waals surface area contributed by atoms with Crippen LogP contribution in [0.5, 0.6) is 5.75 Å². The first-order valence-electron chi connectivity index (χ1n) is 9.57. The molecule has 30 heavy (non-hydrogen) atoms. The summed E-state index contributed by atoms with van der Waals surface area (Å²) in [7, 11) is 0. The summed E-state index contributed by atoms with van der Waals surface area (Å²) < 4.78 is 9.25. The quantitative estimate of drug-likeness (QED) is 0.486. The number of hydrogen-bond donors (Lipinski definition) is 1. The maximum Gasteiger partial charge on any atom is 0.255 e. The minimum atomic E-state index is -0.213. The zero-order valence-corrected chi connectivity index (χ0v) is 16.5. The fourth-order valence-corrected chi connectivity index (χ4v) is 2.98. The largest absolute Gasteiger partial charge is 0.486 e. The van der Waals surface area contributed by atoms with Gasteiger partial charge in [0.25, 0.3) is 5.91 Å². The van der Waals surface area contributed by atoms with Gasteiger partial charge in [0, 0.05) is 30.2 Å². The lowest BCUT2D eigenvalue weighted by molar-refractivity contribution is 0.102. The lowest BCUT2D eigenvalue weighted by Gasteiger charge is -2.10. The van der Waals surface area contributed by atoms with E-state index >= 15 is 0 Å². The van der Waals surface area contributed by atoms with Gasteiger partial charge in [0.05, 0.1) is 6.54 Å².